The van der Waals surface area contributed by atoms with E-state index in [1.54, 1.807) is 0 Å². The Kier molecular flexibility index (Phi) is 4.75. The van der Waals surface area contributed by atoms with Crippen molar-refractivity contribution in [3.05, 3.63) is 17.7 Å². The Bertz CT molecular complexity index is 843. The van der Waals surface area contributed by atoms with Gasteiger partial charge in [0.1, 0.15) is 5.75 Å². The quantitative estimate of drug-likeness (QED) is 0.703. The summed E-state index contributed by atoms with van der Waals surface area (Å²) in [5.74, 6) is 1.38. The lowest BCUT2D eigenvalue weighted by Crippen LogP contribution is -2.45. The minimum atomic E-state index is -0.456. The number of carbonyl (C=O) groups excluding carboxylic acids is 1. The normalized spacial score (nSPS) is 27.6. The zero-order valence-corrected chi connectivity index (χ0v) is 19.0. The van der Waals surface area contributed by atoms with Gasteiger partial charge >= 0.3 is 7.12 Å². The molecular formula is C24H34BNO4. The van der Waals surface area contributed by atoms with E-state index < -0.39 is 18.3 Å². The first kappa shape index (κ1) is 20.4. The minimum Gasteiger partial charge on any atom is -0.490 e. The lowest BCUT2D eigenvalue weighted by molar-refractivity contribution is -0.120. The predicted octanol–water partition coefficient (Wildman–Crippen LogP) is 3.99. The Labute approximate surface area is 180 Å². The third-order valence-electron chi connectivity index (χ3n) is 7.79. The molecule has 1 unspecified atom stereocenters. The van der Waals surface area contributed by atoms with Crippen molar-refractivity contribution in [3.8, 4) is 5.75 Å². The molecule has 2 aliphatic heterocycles. The molecule has 1 aromatic rings. The Morgan fingerprint density at radius 2 is 1.73 bits per heavy atom. The summed E-state index contributed by atoms with van der Waals surface area (Å²) in [6.45, 7) is 10.5. The molecule has 1 saturated heterocycles. The first-order valence-electron chi connectivity index (χ1n) is 11.7. The number of hydrogen-bond donors (Lipinski definition) is 0. The molecule has 2 heterocycles. The molecule has 5 rings (SSSR count). The lowest BCUT2D eigenvalue weighted by Gasteiger charge is -2.38. The number of amides is 1. The van der Waals surface area contributed by atoms with E-state index in [2.05, 4.69) is 46.8 Å². The topological polar surface area (TPSA) is 48.0 Å². The number of carbonyl (C=O) groups is 1. The van der Waals surface area contributed by atoms with E-state index in [0.29, 0.717) is 0 Å². The van der Waals surface area contributed by atoms with Crippen LogP contribution in [0.15, 0.2) is 12.1 Å². The highest BCUT2D eigenvalue weighted by atomic mass is 16.7. The molecule has 4 aliphatic rings. The van der Waals surface area contributed by atoms with Gasteiger partial charge in [0.2, 0.25) is 5.91 Å². The average molecular weight is 411 g/mol. The third kappa shape index (κ3) is 3.27. The molecule has 3 fully saturated rings. The molecule has 1 atom stereocenters. The van der Waals surface area contributed by atoms with Gasteiger partial charge in [0.25, 0.3) is 0 Å². The van der Waals surface area contributed by atoms with E-state index in [-0.39, 0.29) is 24.0 Å². The number of anilines is 1. The Balaban J connectivity index is 1.56. The molecule has 1 aromatic carbocycles. The first-order valence-corrected chi connectivity index (χ1v) is 11.7. The molecule has 2 saturated carbocycles. The molecule has 0 N–H and O–H groups in total. The van der Waals surface area contributed by atoms with Crippen LogP contribution in [0.4, 0.5) is 5.69 Å². The predicted molar refractivity (Wildman–Crippen MR) is 118 cm³/mol. The second-order valence-electron chi connectivity index (χ2n) is 10.6. The van der Waals surface area contributed by atoms with Crippen LogP contribution in [0, 0.1) is 5.92 Å². The van der Waals surface area contributed by atoms with Gasteiger partial charge in [0.15, 0.2) is 0 Å². The maximum atomic E-state index is 13.1. The van der Waals surface area contributed by atoms with Gasteiger partial charge in [-0.25, -0.2) is 0 Å². The number of ether oxygens (including phenoxy) is 1. The van der Waals surface area contributed by atoms with Crippen molar-refractivity contribution >= 4 is 24.2 Å². The van der Waals surface area contributed by atoms with Gasteiger partial charge in [-0.15, -0.1) is 0 Å². The molecule has 1 amide bonds. The van der Waals surface area contributed by atoms with Gasteiger partial charge < -0.3 is 18.9 Å². The fourth-order valence-electron chi connectivity index (χ4n) is 4.64. The summed E-state index contributed by atoms with van der Waals surface area (Å²) < 4.78 is 19.3. The highest BCUT2D eigenvalue weighted by Gasteiger charge is 2.53. The van der Waals surface area contributed by atoms with Crippen LogP contribution in [0.25, 0.3) is 0 Å². The smallest absolute Gasteiger partial charge is 0.490 e. The van der Waals surface area contributed by atoms with Gasteiger partial charge in [-0.2, -0.15) is 0 Å². The van der Waals surface area contributed by atoms with Crippen molar-refractivity contribution in [2.24, 2.45) is 5.92 Å². The molecule has 6 heteroatoms. The maximum absolute atomic E-state index is 13.1. The highest BCUT2D eigenvalue weighted by molar-refractivity contribution is 6.63. The maximum Gasteiger partial charge on any atom is 0.498 e. The summed E-state index contributed by atoms with van der Waals surface area (Å²) in [5, 5.41) is 0. The molecule has 30 heavy (non-hydrogen) atoms. The van der Waals surface area contributed by atoms with Crippen LogP contribution in [0.3, 0.4) is 0 Å². The van der Waals surface area contributed by atoms with Crippen molar-refractivity contribution in [3.63, 3.8) is 0 Å². The van der Waals surface area contributed by atoms with Gasteiger partial charge in [0, 0.05) is 23.0 Å². The van der Waals surface area contributed by atoms with Crippen LogP contribution < -0.4 is 15.1 Å². The Hall–Kier alpha value is -1.53. The highest BCUT2D eigenvalue weighted by Crippen LogP contribution is 2.43. The zero-order valence-electron chi connectivity index (χ0n) is 19.0. The van der Waals surface area contributed by atoms with Gasteiger partial charge in [-0.05, 0) is 85.6 Å². The SMILES string of the molecule is CC1CCc2c(ccc(B3OC(C)(C)C(C)(C)O3)c2OC2CCC2)N1C(=O)C1CC1. The second kappa shape index (κ2) is 6.99. The number of rotatable bonds is 4. The molecule has 162 valence electrons. The monoisotopic (exact) mass is 411 g/mol. The van der Waals surface area contributed by atoms with Crippen LogP contribution in [0.1, 0.15) is 78.7 Å². The van der Waals surface area contributed by atoms with Crippen LogP contribution in [-0.2, 0) is 20.5 Å². The van der Waals surface area contributed by atoms with Crippen LogP contribution in [0.5, 0.6) is 5.75 Å². The fourth-order valence-corrected chi connectivity index (χ4v) is 4.64. The average Bonchev–Trinajstić information content (AvgIpc) is 3.44. The summed E-state index contributed by atoms with van der Waals surface area (Å²) in [4.78, 5) is 15.1. The van der Waals surface area contributed by atoms with E-state index in [0.717, 1.165) is 61.0 Å². The van der Waals surface area contributed by atoms with E-state index >= 15 is 0 Å². The summed E-state index contributed by atoms with van der Waals surface area (Å²) in [6, 6.07) is 4.39. The summed E-state index contributed by atoms with van der Waals surface area (Å²) in [7, 11) is -0.456. The van der Waals surface area contributed by atoms with E-state index in [1.807, 2.05) is 4.90 Å². The van der Waals surface area contributed by atoms with E-state index in [4.69, 9.17) is 14.0 Å². The first-order chi connectivity index (χ1) is 14.2. The standard InChI is InChI=1S/C24H34BNO4/c1-15-9-12-18-20(26(15)22(27)16-10-11-16)14-13-19(21(18)28-17-7-6-8-17)25-29-23(2,3)24(4,5)30-25/h13-17H,6-12H2,1-5H3. The van der Waals surface area contributed by atoms with E-state index in [9.17, 15) is 4.79 Å². The zero-order chi connectivity index (χ0) is 21.3. The molecule has 2 aliphatic carbocycles. The summed E-state index contributed by atoms with van der Waals surface area (Å²) in [6.07, 6.45) is 7.57. The van der Waals surface area contributed by atoms with Crippen molar-refractivity contribution < 1.29 is 18.8 Å². The summed E-state index contributed by atoms with van der Waals surface area (Å²) >= 11 is 0. The number of hydrogen-bond acceptors (Lipinski definition) is 4. The molecule has 0 spiro atoms. The van der Waals surface area contributed by atoms with Crippen LogP contribution >= 0.6 is 0 Å². The minimum absolute atomic E-state index is 0.206. The molecular weight excluding hydrogens is 377 g/mol. The van der Waals surface area contributed by atoms with E-state index in [1.165, 1.54) is 6.42 Å². The lowest BCUT2D eigenvalue weighted by atomic mass is 9.75. The third-order valence-corrected chi connectivity index (χ3v) is 7.79. The fraction of sp³-hybridized carbons (Fsp3) is 0.708. The second-order valence-corrected chi connectivity index (χ2v) is 10.6. The van der Waals surface area contributed by atoms with Crippen molar-refractivity contribution in [2.45, 2.75) is 103 Å². The molecule has 5 nitrogen and oxygen atoms in total. The van der Waals surface area contributed by atoms with Gasteiger partial charge in [-0.3, -0.25) is 4.79 Å². The largest absolute Gasteiger partial charge is 0.498 e. The Morgan fingerprint density at radius 1 is 1.07 bits per heavy atom. The summed E-state index contributed by atoms with van der Waals surface area (Å²) in [5.41, 5.74) is 2.35. The number of nitrogens with zero attached hydrogens (tertiary/aromatic N) is 1. The van der Waals surface area contributed by atoms with Crippen molar-refractivity contribution in [1.82, 2.24) is 0 Å². The Morgan fingerprint density at radius 3 is 2.30 bits per heavy atom. The number of benzene rings is 1. The van der Waals surface area contributed by atoms with Crippen molar-refractivity contribution in [1.29, 1.82) is 0 Å². The van der Waals surface area contributed by atoms with Gasteiger partial charge in [-0.1, -0.05) is 6.07 Å². The number of fused-ring (bicyclic) bond motifs is 1. The van der Waals surface area contributed by atoms with Crippen molar-refractivity contribution in [2.75, 3.05) is 4.90 Å². The van der Waals surface area contributed by atoms with Crippen LogP contribution in [-0.4, -0.2) is 36.4 Å². The molecule has 0 bridgehead atoms. The molecule has 0 radical (unpaired) electrons. The van der Waals surface area contributed by atoms with Crippen LogP contribution in [0.2, 0.25) is 0 Å². The molecule has 0 aromatic heterocycles. The van der Waals surface area contributed by atoms with Gasteiger partial charge in [0.05, 0.1) is 23.0 Å².